The molecule has 1 nitrogen and oxygen atoms in total. The molecule has 3 rings (SSSR count). The summed E-state index contributed by atoms with van der Waals surface area (Å²) in [6.45, 7) is 13.6. The van der Waals surface area contributed by atoms with E-state index in [9.17, 15) is 0 Å². The third kappa shape index (κ3) is 6.69. The van der Waals surface area contributed by atoms with Gasteiger partial charge in [0.1, 0.15) is 0 Å². The molecule has 164 valence electrons. The van der Waals surface area contributed by atoms with E-state index in [0.717, 1.165) is 0 Å². The summed E-state index contributed by atoms with van der Waals surface area (Å²) in [5, 5.41) is 2.90. The minimum Gasteiger partial charge on any atom is -0.346 e. The molecule has 0 N–H and O–H groups in total. The van der Waals surface area contributed by atoms with E-state index >= 15 is 0 Å². The molecule has 0 aliphatic carbocycles. The second-order valence-electron chi connectivity index (χ2n) is 9.38. The summed E-state index contributed by atoms with van der Waals surface area (Å²) in [4.78, 5) is 1.31. The maximum absolute atomic E-state index is 6.84. The van der Waals surface area contributed by atoms with Crippen molar-refractivity contribution in [1.29, 1.82) is 0 Å². The van der Waals surface area contributed by atoms with Crippen molar-refractivity contribution < 1.29 is 4.52 Å². The Bertz CT molecular complexity index is 877. The molecule has 3 aromatic rings. The first-order chi connectivity index (χ1) is 14.8. The van der Waals surface area contributed by atoms with E-state index in [4.69, 9.17) is 4.52 Å². The summed E-state index contributed by atoms with van der Waals surface area (Å²) in [6, 6.07) is 30.4. The molecule has 0 aliphatic rings. The number of hydrogen-bond acceptors (Lipinski definition) is 2. The molecule has 0 heterocycles. The van der Waals surface area contributed by atoms with Crippen LogP contribution < -0.4 is 10.6 Å². The molecule has 0 saturated heterocycles. The minimum atomic E-state index is -0.856. The largest absolute Gasteiger partial charge is 0.346 e. The molecule has 0 unspecified atom stereocenters. The highest BCUT2D eigenvalue weighted by molar-refractivity contribution is 8.00. The first-order valence-electron chi connectivity index (χ1n) is 11.1. The van der Waals surface area contributed by atoms with Crippen molar-refractivity contribution >= 4 is 30.5 Å². The topological polar surface area (TPSA) is 9.23 Å². The summed E-state index contributed by atoms with van der Waals surface area (Å²) in [5.74, 6) is 0.505. The van der Waals surface area contributed by atoms with E-state index in [1.807, 2.05) is 11.8 Å². The Labute approximate surface area is 194 Å². The maximum atomic E-state index is 6.84. The molecule has 0 amide bonds. The third-order valence-corrected chi connectivity index (χ3v) is 9.19. The van der Waals surface area contributed by atoms with E-state index < -0.39 is 8.15 Å². The lowest BCUT2D eigenvalue weighted by atomic mass is 9.87. The predicted octanol–water partition coefficient (Wildman–Crippen LogP) is 7.55. The van der Waals surface area contributed by atoms with Crippen LogP contribution in [0.25, 0.3) is 0 Å². The van der Waals surface area contributed by atoms with Gasteiger partial charge in [-0.05, 0) is 36.0 Å². The highest BCUT2D eigenvalue weighted by atomic mass is 32.2. The van der Waals surface area contributed by atoms with Crippen molar-refractivity contribution in [2.24, 2.45) is 5.92 Å². The average Bonchev–Trinajstić information content (AvgIpc) is 2.76. The normalized spacial score (nSPS) is 14.1. The van der Waals surface area contributed by atoms with Gasteiger partial charge in [0.15, 0.2) is 0 Å². The molecule has 0 spiro atoms. The molecule has 0 bridgehead atoms. The summed E-state index contributed by atoms with van der Waals surface area (Å²) >= 11 is 1.94. The number of hydrogen-bond donors (Lipinski definition) is 0. The maximum Gasteiger partial charge on any atom is 0.0922 e. The van der Waals surface area contributed by atoms with Crippen molar-refractivity contribution in [2.45, 2.75) is 63.2 Å². The zero-order chi connectivity index (χ0) is 22.4. The van der Waals surface area contributed by atoms with Crippen molar-refractivity contribution in [3.05, 3.63) is 90.5 Å². The summed E-state index contributed by atoms with van der Waals surface area (Å²) in [6.07, 6.45) is 0.124. The van der Waals surface area contributed by atoms with Crippen LogP contribution in [0, 0.1) is 5.92 Å². The zero-order valence-corrected chi connectivity index (χ0v) is 21.3. The van der Waals surface area contributed by atoms with Crippen LogP contribution >= 0.6 is 19.9 Å². The van der Waals surface area contributed by atoms with E-state index in [0.29, 0.717) is 11.2 Å². The van der Waals surface area contributed by atoms with Crippen molar-refractivity contribution in [3.63, 3.8) is 0 Å². The van der Waals surface area contributed by atoms with Crippen LogP contribution in [0.1, 0.15) is 47.1 Å². The summed E-state index contributed by atoms with van der Waals surface area (Å²) < 4.78 is 6.84. The number of rotatable bonds is 8. The van der Waals surface area contributed by atoms with Gasteiger partial charge in [-0.25, -0.2) is 0 Å². The highest BCUT2D eigenvalue weighted by Gasteiger charge is 2.27. The lowest BCUT2D eigenvalue weighted by Crippen LogP contribution is -2.29. The standard InChI is InChI=1S/C28H35OPS/c1-21(2)27(31-26-19-17-23(18-20-26)28(4,5)6)22(3)29-30(24-13-9-7-10-14-24)25-15-11-8-12-16-25/h7-22,27H,1-6H3/t22-,27+/m0/s1. The highest BCUT2D eigenvalue weighted by Crippen LogP contribution is 2.41. The van der Waals surface area contributed by atoms with E-state index in [2.05, 4.69) is 126 Å². The van der Waals surface area contributed by atoms with Crippen LogP contribution in [0.3, 0.4) is 0 Å². The van der Waals surface area contributed by atoms with Crippen LogP contribution in [-0.4, -0.2) is 11.4 Å². The molecule has 3 aromatic carbocycles. The first kappa shape index (κ1) is 24.1. The average molecular weight is 451 g/mol. The van der Waals surface area contributed by atoms with Gasteiger partial charge in [-0.1, -0.05) is 107 Å². The Kier molecular flexibility index (Phi) is 8.39. The lowest BCUT2D eigenvalue weighted by Gasteiger charge is -2.31. The van der Waals surface area contributed by atoms with E-state index in [1.165, 1.54) is 21.1 Å². The second-order valence-corrected chi connectivity index (χ2v) is 12.5. The first-order valence-corrected chi connectivity index (χ1v) is 13.2. The molecule has 0 radical (unpaired) electrons. The van der Waals surface area contributed by atoms with Crippen LogP contribution in [0.4, 0.5) is 0 Å². The SMILES string of the molecule is CC(C)[C@@H](Sc1ccc(C(C)(C)C)cc1)[C@H](C)OP(c1ccccc1)c1ccccc1. The van der Waals surface area contributed by atoms with E-state index in [1.54, 1.807) is 0 Å². The molecule has 0 aliphatic heterocycles. The molecule has 0 fully saturated rings. The van der Waals surface area contributed by atoms with Gasteiger partial charge >= 0.3 is 0 Å². The molecule has 0 saturated carbocycles. The molecular formula is C28H35OPS. The molecule has 31 heavy (non-hydrogen) atoms. The molecule has 0 aromatic heterocycles. The van der Waals surface area contributed by atoms with Gasteiger partial charge < -0.3 is 4.52 Å². The van der Waals surface area contributed by atoms with Gasteiger partial charge in [-0.3, -0.25) is 0 Å². The Morgan fingerprint density at radius 3 is 1.61 bits per heavy atom. The van der Waals surface area contributed by atoms with Gasteiger partial charge in [-0.2, -0.15) is 0 Å². The van der Waals surface area contributed by atoms with Crippen molar-refractivity contribution in [3.8, 4) is 0 Å². The monoisotopic (exact) mass is 450 g/mol. The van der Waals surface area contributed by atoms with Gasteiger partial charge in [0.05, 0.1) is 14.3 Å². The quantitative estimate of drug-likeness (QED) is 0.259. The summed E-state index contributed by atoms with van der Waals surface area (Å²) in [7, 11) is -0.856. The van der Waals surface area contributed by atoms with Crippen LogP contribution in [0.2, 0.25) is 0 Å². The smallest absolute Gasteiger partial charge is 0.0922 e. The second kappa shape index (κ2) is 10.8. The van der Waals surface area contributed by atoms with Crippen molar-refractivity contribution in [2.75, 3.05) is 0 Å². The Morgan fingerprint density at radius 1 is 0.710 bits per heavy atom. The Morgan fingerprint density at radius 2 is 1.19 bits per heavy atom. The fraction of sp³-hybridized carbons (Fsp3) is 0.357. The van der Waals surface area contributed by atoms with Crippen LogP contribution in [0.15, 0.2) is 89.8 Å². The zero-order valence-electron chi connectivity index (χ0n) is 19.6. The summed E-state index contributed by atoms with van der Waals surface area (Å²) in [5.41, 5.74) is 1.55. The molecule has 2 atom stereocenters. The molecule has 3 heteroatoms. The fourth-order valence-corrected chi connectivity index (χ4v) is 6.69. The number of benzene rings is 3. The Balaban J connectivity index is 1.80. The van der Waals surface area contributed by atoms with Gasteiger partial charge in [0.2, 0.25) is 0 Å². The minimum absolute atomic E-state index is 0.124. The third-order valence-electron chi connectivity index (χ3n) is 5.37. The lowest BCUT2D eigenvalue weighted by molar-refractivity contribution is 0.228. The Hall–Kier alpha value is -1.60. The fourth-order valence-electron chi connectivity index (χ4n) is 3.59. The predicted molar refractivity (Wildman–Crippen MR) is 139 cm³/mol. The van der Waals surface area contributed by atoms with Crippen molar-refractivity contribution in [1.82, 2.24) is 0 Å². The van der Waals surface area contributed by atoms with Gasteiger partial charge in [-0.15, -0.1) is 11.8 Å². The number of thioether (sulfide) groups is 1. The van der Waals surface area contributed by atoms with Crippen LogP contribution in [0.5, 0.6) is 0 Å². The van der Waals surface area contributed by atoms with E-state index in [-0.39, 0.29) is 11.5 Å². The van der Waals surface area contributed by atoms with Crippen LogP contribution in [-0.2, 0) is 9.94 Å². The molecular weight excluding hydrogens is 415 g/mol. The van der Waals surface area contributed by atoms with Gasteiger partial charge in [0, 0.05) is 20.8 Å². The van der Waals surface area contributed by atoms with Gasteiger partial charge in [0.25, 0.3) is 0 Å².